The number of nitrogens with zero attached hydrogens (tertiary/aromatic N) is 4. The van der Waals surface area contributed by atoms with E-state index in [4.69, 9.17) is 9.26 Å². The van der Waals surface area contributed by atoms with Crippen molar-refractivity contribution < 1.29 is 13.7 Å². The molecule has 0 aliphatic rings. The van der Waals surface area contributed by atoms with Crippen molar-refractivity contribution in [3.05, 3.63) is 46.0 Å². The maximum atomic E-state index is 13.7. The fourth-order valence-electron chi connectivity index (χ4n) is 2.27. The third-order valence-electron chi connectivity index (χ3n) is 3.68. The number of aryl methyl sites for hydroxylation is 1. The van der Waals surface area contributed by atoms with Crippen molar-refractivity contribution in [3.8, 4) is 11.4 Å². The van der Waals surface area contributed by atoms with E-state index in [0.717, 1.165) is 0 Å². The molecule has 0 bridgehead atoms. The zero-order valence-corrected chi connectivity index (χ0v) is 15.2. The standard InChI is InChI=1S/C16H18FN5O3S/c1-10-4-5-11(8-12(10)17)14-18-13(25-21-14)9-26-16-20-19-15(23)22(16)6-3-7-24-2/h4-5,8H,3,6-7,9H2,1-2H3,(H,19,23). The van der Waals surface area contributed by atoms with Crippen molar-refractivity contribution in [1.82, 2.24) is 24.9 Å². The number of halogens is 1. The molecule has 26 heavy (non-hydrogen) atoms. The van der Waals surface area contributed by atoms with Gasteiger partial charge in [0.05, 0.1) is 5.75 Å². The number of thioether (sulfide) groups is 1. The molecule has 2 heterocycles. The summed E-state index contributed by atoms with van der Waals surface area (Å²) in [5.74, 6) is 0.708. The maximum Gasteiger partial charge on any atom is 0.343 e. The lowest BCUT2D eigenvalue weighted by atomic mass is 10.1. The van der Waals surface area contributed by atoms with Crippen LogP contribution in [0.3, 0.4) is 0 Å². The Balaban J connectivity index is 1.67. The Morgan fingerprint density at radius 1 is 1.42 bits per heavy atom. The summed E-state index contributed by atoms with van der Waals surface area (Å²) < 4.78 is 25.4. The van der Waals surface area contributed by atoms with Crippen LogP contribution >= 0.6 is 11.8 Å². The zero-order valence-electron chi connectivity index (χ0n) is 14.4. The van der Waals surface area contributed by atoms with Crippen molar-refractivity contribution in [1.29, 1.82) is 0 Å². The minimum Gasteiger partial charge on any atom is -0.385 e. The second-order valence-corrected chi connectivity index (χ2v) is 6.52. The molecule has 0 unspecified atom stereocenters. The van der Waals surface area contributed by atoms with E-state index in [2.05, 4.69) is 20.3 Å². The molecule has 0 amide bonds. The van der Waals surface area contributed by atoms with Crippen LogP contribution in [0.5, 0.6) is 0 Å². The van der Waals surface area contributed by atoms with E-state index in [1.165, 1.54) is 22.4 Å². The van der Waals surface area contributed by atoms with Gasteiger partial charge in [0.25, 0.3) is 0 Å². The van der Waals surface area contributed by atoms with Crippen LogP contribution in [0.1, 0.15) is 17.9 Å². The lowest BCUT2D eigenvalue weighted by molar-refractivity contribution is 0.189. The molecular weight excluding hydrogens is 361 g/mol. The van der Waals surface area contributed by atoms with Gasteiger partial charge in [0.1, 0.15) is 5.82 Å². The topological polar surface area (TPSA) is 98.8 Å². The third kappa shape index (κ3) is 4.20. The highest BCUT2D eigenvalue weighted by Crippen LogP contribution is 2.22. The minimum atomic E-state index is -0.320. The van der Waals surface area contributed by atoms with E-state index in [1.807, 2.05) is 0 Å². The van der Waals surface area contributed by atoms with Crippen LogP contribution in [0, 0.1) is 12.7 Å². The number of aromatic amines is 1. The summed E-state index contributed by atoms with van der Waals surface area (Å²) in [6.45, 7) is 2.75. The fraction of sp³-hybridized carbons (Fsp3) is 0.375. The van der Waals surface area contributed by atoms with Crippen LogP contribution in [0.4, 0.5) is 4.39 Å². The van der Waals surface area contributed by atoms with Crippen molar-refractivity contribution in [3.63, 3.8) is 0 Å². The third-order valence-corrected chi connectivity index (χ3v) is 4.64. The average Bonchev–Trinajstić information content (AvgIpc) is 3.23. The van der Waals surface area contributed by atoms with Gasteiger partial charge in [0.15, 0.2) is 5.16 Å². The number of ether oxygens (including phenoxy) is 1. The summed E-state index contributed by atoms with van der Waals surface area (Å²) in [7, 11) is 1.61. The Kier molecular flexibility index (Phi) is 5.84. The molecule has 1 N–H and O–H groups in total. The predicted molar refractivity (Wildman–Crippen MR) is 93.3 cm³/mol. The van der Waals surface area contributed by atoms with Crippen molar-refractivity contribution in [2.24, 2.45) is 0 Å². The predicted octanol–water partition coefficient (Wildman–Crippen LogP) is 2.40. The summed E-state index contributed by atoms with van der Waals surface area (Å²) in [6.07, 6.45) is 0.702. The lowest BCUT2D eigenvalue weighted by Crippen LogP contribution is -2.18. The highest BCUT2D eigenvalue weighted by Gasteiger charge is 2.14. The molecule has 3 rings (SSSR count). The smallest absolute Gasteiger partial charge is 0.343 e. The zero-order chi connectivity index (χ0) is 18.5. The Labute approximate surface area is 152 Å². The van der Waals surface area contributed by atoms with Crippen LogP contribution in [-0.4, -0.2) is 38.6 Å². The van der Waals surface area contributed by atoms with Crippen molar-refractivity contribution >= 4 is 11.8 Å². The van der Waals surface area contributed by atoms with Crippen LogP contribution in [0.15, 0.2) is 32.7 Å². The van der Waals surface area contributed by atoms with Gasteiger partial charge in [-0.05, 0) is 25.0 Å². The van der Waals surface area contributed by atoms with Crippen LogP contribution in [-0.2, 0) is 17.0 Å². The second kappa shape index (κ2) is 8.28. The highest BCUT2D eigenvalue weighted by atomic mass is 32.2. The Morgan fingerprint density at radius 3 is 3.04 bits per heavy atom. The van der Waals surface area contributed by atoms with Gasteiger partial charge in [-0.3, -0.25) is 4.57 Å². The number of aromatic nitrogens is 5. The Hall–Kier alpha value is -2.46. The van der Waals surface area contributed by atoms with E-state index in [-0.39, 0.29) is 11.5 Å². The minimum absolute atomic E-state index is 0.273. The number of benzene rings is 1. The van der Waals surface area contributed by atoms with Gasteiger partial charge in [0.2, 0.25) is 11.7 Å². The molecular formula is C16H18FN5O3S. The van der Waals surface area contributed by atoms with Gasteiger partial charge in [-0.1, -0.05) is 29.1 Å². The maximum absolute atomic E-state index is 13.7. The molecule has 138 valence electrons. The lowest BCUT2D eigenvalue weighted by Gasteiger charge is -2.03. The quantitative estimate of drug-likeness (QED) is 0.474. The number of rotatable bonds is 8. The van der Waals surface area contributed by atoms with Crippen molar-refractivity contribution in [2.75, 3.05) is 13.7 Å². The molecule has 10 heteroatoms. The summed E-state index contributed by atoms with van der Waals surface area (Å²) in [5, 5.41) is 10.8. The SMILES string of the molecule is COCCCn1c(SCc2nc(-c3ccc(C)c(F)c3)no2)n[nH]c1=O. The summed E-state index contributed by atoms with van der Waals surface area (Å²) >= 11 is 1.30. The van der Waals surface area contributed by atoms with Gasteiger partial charge < -0.3 is 9.26 Å². The number of nitrogens with one attached hydrogen (secondary N) is 1. The Bertz CT molecular complexity index is 936. The first-order chi connectivity index (χ1) is 12.6. The molecule has 0 aliphatic heterocycles. The first kappa shape index (κ1) is 18.3. The first-order valence-corrected chi connectivity index (χ1v) is 8.93. The van der Waals surface area contributed by atoms with Crippen LogP contribution in [0.25, 0.3) is 11.4 Å². The monoisotopic (exact) mass is 379 g/mol. The molecule has 0 spiro atoms. The van der Waals surface area contributed by atoms with E-state index in [1.54, 1.807) is 26.2 Å². The summed E-state index contributed by atoms with van der Waals surface area (Å²) in [6, 6.07) is 4.78. The fourth-order valence-corrected chi connectivity index (χ4v) is 3.08. The second-order valence-electron chi connectivity index (χ2n) is 5.57. The molecule has 0 saturated heterocycles. The molecule has 3 aromatic rings. The summed E-state index contributed by atoms with van der Waals surface area (Å²) in [5.41, 5.74) is 0.826. The number of methoxy groups -OCH3 is 1. The van der Waals surface area contributed by atoms with Gasteiger partial charge in [-0.15, -0.1) is 5.10 Å². The first-order valence-electron chi connectivity index (χ1n) is 7.94. The van der Waals surface area contributed by atoms with E-state index >= 15 is 0 Å². The number of H-pyrrole nitrogens is 1. The molecule has 0 atom stereocenters. The molecule has 0 aliphatic carbocycles. The van der Waals surface area contributed by atoms with E-state index in [0.29, 0.717) is 53.3 Å². The molecule has 0 radical (unpaired) electrons. The number of hydrogen-bond acceptors (Lipinski definition) is 7. The van der Waals surface area contributed by atoms with Crippen LogP contribution < -0.4 is 5.69 Å². The van der Waals surface area contributed by atoms with E-state index in [9.17, 15) is 9.18 Å². The molecule has 8 nitrogen and oxygen atoms in total. The van der Waals surface area contributed by atoms with Gasteiger partial charge in [-0.25, -0.2) is 14.3 Å². The van der Waals surface area contributed by atoms with Crippen LogP contribution in [0.2, 0.25) is 0 Å². The molecule has 2 aromatic heterocycles. The van der Waals surface area contributed by atoms with Gasteiger partial charge in [-0.2, -0.15) is 4.98 Å². The average molecular weight is 379 g/mol. The molecule has 1 aromatic carbocycles. The normalized spacial score (nSPS) is 11.2. The van der Waals surface area contributed by atoms with Gasteiger partial charge in [0, 0.05) is 25.8 Å². The summed E-state index contributed by atoms with van der Waals surface area (Å²) in [4.78, 5) is 16.1. The van der Waals surface area contributed by atoms with E-state index < -0.39 is 0 Å². The Morgan fingerprint density at radius 2 is 2.27 bits per heavy atom. The largest absolute Gasteiger partial charge is 0.385 e. The highest BCUT2D eigenvalue weighted by molar-refractivity contribution is 7.98. The molecule has 0 fully saturated rings. The van der Waals surface area contributed by atoms with Crippen molar-refractivity contribution in [2.45, 2.75) is 30.8 Å². The van der Waals surface area contributed by atoms with Gasteiger partial charge >= 0.3 is 5.69 Å². The number of hydrogen-bond donors (Lipinski definition) is 1. The molecule has 0 saturated carbocycles.